The van der Waals surface area contributed by atoms with Gasteiger partial charge in [-0.2, -0.15) is 12.6 Å². The average Bonchev–Trinajstić information content (AvgIpc) is 2.04. The molecule has 0 fully saturated rings. The number of thiol groups is 1. The van der Waals surface area contributed by atoms with E-state index in [0.29, 0.717) is 5.25 Å². The lowest BCUT2D eigenvalue weighted by Crippen LogP contribution is -2.23. The fourth-order valence-corrected chi connectivity index (χ4v) is 4.46. The predicted molar refractivity (Wildman–Crippen MR) is 74.3 cm³/mol. The van der Waals surface area contributed by atoms with Gasteiger partial charge in [0.1, 0.15) is 0 Å². The van der Waals surface area contributed by atoms with E-state index in [2.05, 4.69) is 34.1 Å². The Hall–Kier alpha value is 0.780. The summed E-state index contributed by atoms with van der Waals surface area (Å²) in [5, 5.41) is 0.620. The zero-order chi connectivity index (χ0) is 11.1. The van der Waals surface area contributed by atoms with Crippen LogP contribution in [0.1, 0.15) is 40.0 Å². The molecule has 0 aliphatic carbocycles. The van der Waals surface area contributed by atoms with Gasteiger partial charge in [-0.25, -0.2) is 0 Å². The molecule has 0 N–H and O–H groups in total. The third-order valence-corrected chi connectivity index (χ3v) is 4.88. The van der Waals surface area contributed by atoms with E-state index >= 15 is 0 Å². The van der Waals surface area contributed by atoms with Crippen molar-refractivity contribution in [1.29, 1.82) is 0 Å². The van der Waals surface area contributed by atoms with Crippen LogP contribution in [0.4, 0.5) is 0 Å². The molecule has 0 aromatic heterocycles. The number of rotatable bonds is 7. The highest BCUT2D eigenvalue weighted by Gasteiger charge is 2.22. The quantitative estimate of drug-likeness (QED) is 0.487. The second-order valence-electron chi connectivity index (χ2n) is 4.67. The fraction of sp³-hybridized carbons (Fsp3) is 1.00. The van der Waals surface area contributed by atoms with Crippen molar-refractivity contribution in [2.24, 2.45) is 11.8 Å². The fourth-order valence-electron chi connectivity index (χ4n) is 2.27. The summed E-state index contributed by atoms with van der Waals surface area (Å²) in [5.74, 6) is 1.68. The highest BCUT2D eigenvalue weighted by atomic mass is 32.1. The zero-order valence-corrected chi connectivity index (χ0v) is 12.2. The molecular weight excluding hydrogens is 207 g/mol. The van der Waals surface area contributed by atoms with Crippen LogP contribution in [-0.2, 0) is 0 Å². The molecule has 0 aromatic rings. The molecule has 0 bridgehead atoms. The zero-order valence-electron chi connectivity index (χ0n) is 10.5. The lowest BCUT2D eigenvalue weighted by Gasteiger charge is -2.29. The molecule has 0 saturated carbocycles. The van der Waals surface area contributed by atoms with Crippen molar-refractivity contribution in [2.45, 2.75) is 45.3 Å². The molecule has 0 aliphatic heterocycles. The van der Waals surface area contributed by atoms with Crippen LogP contribution < -0.4 is 0 Å². The van der Waals surface area contributed by atoms with Crippen molar-refractivity contribution >= 4 is 20.6 Å². The lowest BCUT2D eigenvalue weighted by molar-refractivity contribution is 0.355. The molecular formula is C12H27PS. The first-order valence-corrected chi connectivity index (χ1v) is 8.79. The van der Waals surface area contributed by atoms with E-state index in [-0.39, 0.29) is 7.92 Å². The average molecular weight is 234 g/mol. The Kier molecular flexibility index (Phi) is 8.44. The van der Waals surface area contributed by atoms with Gasteiger partial charge in [0.2, 0.25) is 0 Å². The van der Waals surface area contributed by atoms with Gasteiger partial charge >= 0.3 is 0 Å². The predicted octanol–water partition coefficient (Wildman–Crippen LogP) is 4.49. The minimum absolute atomic E-state index is 0.254. The van der Waals surface area contributed by atoms with Gasteiger partial charge in [0.15, 0.2) is 0 Å². The van der Waals surface area contributed by atoms with Gasteiger partial charge in [0.05, 0.1) is 0 Å². The first-order valence-electron chi connectivity index (χ1n) is 5.85. The molecule has 0 heterocycles. The molecule has 86 valence electrons. The van der Waals surface area contributed by atoms with Gasteiger partial charge in [-0.1, -0.05) is 33.6 Å². The Bertz CT molecular complexity index is 136. The maximum Gasteiger partial charge on any atom is 0.00475 e. The molecule has 2 heteroatoms. The minimum atomic E-state index is 0.254. The van der Waals surface area contributed by atoms with Crippen LogP contribution in [0.15, 0.2) is 0 Å². The molecule has 0 aromatic carbocycles. The monoisotopic (exact) mass is 234 g/mol. The SMILES string of the molecule is CCCC(S)C(CC)[C@@H](C)CP(C)C. The summed E-state index contributed by atoms with van der Waals surface area (Å²) < 4.78 is 0. The standard InChI is InChI=1S/C12H27PS/c1-6-8-12(14)11(7-2)10(3)9-13(4)5/h10-12,14H,6-9H2,1-5H3/t10-,11?,12?/m0/s1. The maximum atomic E-state index is 4.75. The van der Waals surface area contributed by atoms with E-state index in [1.165, 1.54) is 25.4 Å². The third kappa shape index (κ3) is 5.61. The van der Waals surface area contributed by atoms with Crippen molar-refractivity contribution in [3.05, 3.63) is 0 Å². The Morgan fingerprint density at radius 3 is 2.14 bits per heavy atom. The molecule has 0 amide bonds. The largest absolute Gasteiger partial charge is 0.176 e. The summed E-state index contributed by atoms with van der Waals surface area (Å²) in [6.45, 7) is 11.7. The smallest absolute Gasteiger partial charge is 0.00475 e. The van der Waals surface area contributed by atoms with Crippen LogP contribution in [0, 0.1) is 11.8 Å². The molecule has 0 radical (unpaired) electrons. The molecule has 0 spiro atoms. The Labute approximate surface area is 97.4 Å². The molecule has 14 heavy (non-hydrogen) atoms. The molecule has 3 atom stereocenters. The van der Waals surface area contributed by atoms with Crippen LogP contribution in [0.25, 0.3) is 0 Å². The van der Waals surface area contributed by atoms with Gasteiger partial charge < -0.3 is 0 Å². The lowest BCUT2D eigenvalue weighted by atomic mass is 9.88. The van der Waals surface area contributed by atoms with Crippen molar-refractivity contribution in [2.75, 3.05) is 19.5 Å². The summed E-state index contributed by atoms with van der Waals surface area (Å²) in [7, 11) is 0.254. The van der Waals surface area contributed by atoms with E-state index in [1.807, 2.05) is 0 Å². The molecule has 0 rings (SSSR count). The van der Waals surface area contributed by atoms with E-state index in [4.69, 9.17) is 12.6 Å². The second kappa shape index (κ2) is 7.99. The van der Waals surface area contributed by atoms with Crippen molar-refractivity contribution in [3.8, 4) is 0 Å². The maximum absolute atomic E-state index is 4.75. The van der Waals surface area contributed by atoms with Crippen molar-refractivity contribution in [3.63, 3.8) is 0 Å². The summed E-state index contributed by atoms with van der Waals surface area (Å²) in [6.07, 6.45) is 5.24. The molecule has 0 nitrogen and oxygen atoms in total. The van der Waals surface area contributed by atoms with E-state index in [1.54, 1.807) is 0 Å². The van der Waals surface area contributed by atoms with Crippen molar-refractivity contribution in [1.82, 2.24) is 0 Å². The number of hydrogen-bond donors (Lipinski definition) is 1. The van der Waals surface area contributed by atoms with E-state index in [0.717, 1.165) is 11.8 Å². The Balaban J connectivity index is 4.09. The van der Waals surface area contributed by atoms with Crippen LogP contribution >= 0.6 is 20.6 Å². The van der Waals surface area contributed by atoms with Gasteiger partial charge in [0.25, 0.3) is 0 Å². The minimum Gasteiger partial charge on any atom is -0.176 e. The molecule has 0 aliphatic rings. The normalized spacial score (nSPS) is 18.2. The van der Waals surface area contributed by atoms with Crippen molar-refractivity contribution < 1.29 is 0 Å². The summed E-state index contributed by atoms with van der Waals surface area (Å²) >= 11 is 4.75. The second-order valence-corrected chi connectivity index (χ2v) is 7.86. The molecule has 0 saturated heterocycles. The first kappa shape index (κ1) is 14.8. The highest BCUT2D eigenvalue weighted by molar-refractivity contribution is 7.81. The van der Waals surface area contributed by atoms with E-state index < -0.39 is 0 Å². The molecule has 2 unspecified atom stereocenters. The van der Waals surface area contributed by atoms with Crippen LogP contribution in [0.2, 0.25) is 0 Å². The number of hydrogen-bond acceptors (Lipinski definition) is 1. The van der Waals surface area contributed by atoms with Crippen LogP contribution in [0.5, 0.6) is 0 Å². The first-order chi connectivity index (χ1) is 6.52. The topological polar surface area (TPSA) is 0 Å². The Morgan fingerprint density at radius 2 is 1.79 bits per heavy atom. The van der Waals surface area contributed by atoms with Gasteiger partial charge in [-0.05, 0) is 37.7 Å². The van der Waals surface area contributed by atoms with Crippen LogP contribution in [-0.4, -0.2) is 24.7 Å². The van der Waals surface area contributed by atoms with Gasteiger partial charge in [-0.3, -0.25) is 0 Å². The summed E-state index contributed by atoms with van der Waals surface area (Å²) in [6, 6.07) is 0. The van der Waals surface area contributed by atoms with Gasteiger partial charge in [0, 0.05) is 5.25 Å². The summed E-state index contributed by atoms with van der Waals surface area (Å²) in [4.78, 5) is 0. The Morgan fingerprint density at radius 1 is 1.21 bits per heavy atom. The third-order valence-electron chi connectivity index (χ3n) is 2.93. The van der Waals surface area contributed by atoms with E-state index in [9.17, 15) is 0 Å². The summed E-state index contributed by atoms with van der Waals surface area (Å²) in [5.41, 5.74) is 0. The van der Waals surface area contributed by atoms with Crippen LogP contribution in [0.3, 0.4) is 0 Å². The highest BCUT2D eigenvalue weighted by Crippen LogP contribution is 2.35. The van der Waals surface area contributed by atoms with Gasteiger partial charge in [-0.15, -0.1) is 7.92 Å².